The van der Waals surface area contributed by atoms with Gasteiger partial charge in [-0.3, -0.25) is 4.79 Å². The highest BCUT2D eigenvalue weighted by Gasteiger charge is 2.27. The first-order valence-electron chi connectivity index (χ1n) is 5.11. The van der Waals surface area contributed by atoms with Gasteiger partial charge < -0.3 is 10.4 Å². The second kappa shape index (κ2) is 6.39. The lowest BCUT2D eigenvalue weighted by molar-refractivity contribution is -0.132. The Morgan fingerprint density at radius 1 is 1.61 bits per heavy atom. The Morgan fingerprint density at radius 2 is 2.22 bits per heavy atom. The summed E-state index contributed by atoms with van der Waals surface area (Å²) in [4.78, 5) is 14.9. The molecule has 0 unspecified atom stereocenters. The molecule has 98 valence electrons. The number of aliphatic hydroxyl groups is 1. The second-order valence-corrected chi connectivity index (χ2v) is 4.27. The topological polar surface area (TPSA) is 53.7 Å². The van der Waals surface area contributed by atoms with Gasteiger partial charge in [0, 0.05) is 10.7 Å². The SMILES string of the molecule is C.[C-]#[N+]c1ccc(NC(=O)[C@@](C)(O)CC)cc1Cl. The van der Waals surface area contributed by atoms with Gasteiger partial charge in [0.05, 0.1) is 6.57 Å². The molecule has 4 nitrogen and oxygen atoms in total. The number of carbonyl (C=O) groups excluding carboxylic acids is 1. The minimum Gasteiger partial charge on any atom is -0.380 e. The summed E-state index contributed by atoms with van der Waals surface area (Å²) < 4.78 is 0. The number of nitrogens with zero attached hydrogens (tertiary/aromatic N) is 1. The van der Waals surface area contributed by atoms with Crippen LogP contribution in [-0.2, 0) is 4.79 Å². The number of nitrogens with one attached hydrogen (secondary N) is 1. The van der Waals surface area contributed by atoms with Crippen LogP contribution in [0.3, 0.4) is 0 Å². The van der Waals surface area contributed by atoms with Crippen molar-refractivity contribution in [3.8, 4) is 0 Å². The number of carbonyl (C=O) groups is 1. The minimum atomic E-state index is -1.41. The Kier molecular flexibility index (Phi) is 5.83. The van der Waals surface area contributed by atoms with Crippen molar-refractivity contribution in [3.63, 3.8) is 0 Å². The number of hydrogen-bond donors (Lipinski definition) is 2. The Balaban J connectivity index is 0.00000289. The van der Waals surface area contributed by atoms with Crippen molar-refractivity contribution in [2.75, 3.05) is 5.32 Å². The molecule has 1 atom stereocenters. The molecular weight excluding hydrogens is 252 g/mol. The van der Waals surface area contributed by atoms with Gasteiger partial charge in [-0.25, -0.2) is 4.85 Å². The molecule has 18 heavy (non-hydrogen) atoms. The van der Waals surface area contributed by atoms with Gasteiger partial charge in [0.1, 0.15) is 5.60 Å². The average Bonchev–Trinajstić information content (AvgIpc) is 2.29. The summed E-state index contributed by atoms with van der Waals surface area (Å²) in [6, 6.07) is 4.58. The summed E-state index contributed by atoms with van der Waals surface area (Å²) >= 11 is 5.83. The number of halogens is 1. The molecule has 0 saturated heterocycles. The fraction of sp³-hybridized carbons (Fsp3) is 0.385. The fourth-order valence-electron chi connectivity index (χ4n) is 1.10. The van der Waals surface area contributed by atoms with Crippen LogP contribution in [0.5, 0.6) is 0 Å². The Labute approximate surface area is 112 Å². The molecule has 0 radical (unpaired) electrons. The third kappa shape index (κ3) is 3.73. The lowest BCUT2D eigenvalue weighted by Crippen LogP contribution is -2.39. The Bertz CT molecular complexity index is 478. The standard InChI is InChI=1S/C12H13ClN2O2.CH4/c1-4-12(2,17)11(16)15-8-5-6-10(14-3)9(13)7-8;/h5-7,17H,4H2,1-2H3,(H,15,16);1H4/t12-;/m0./s1. The van der Waals surface area contributed by atoms with Gasteiger partial charge in [-0.05, 0) is 25.5 Å². The van der Waals surface area contributed by atoms with Crippen LogP contribution in [0.2, 0.25) is 5.02 Å². The first-order valence-corrected chi connectivity index (χ1v) is 5.49. The average molecular weight is 269 g/mol. The van der Waals surface area contributed by atoms with Gasteiger partial charge in [-0.2, -0.15) is 0 Å². The van der Waals surface area contributed by atoms with Gasteiger partial charge >= 0.3 is 0 Å². The normalized spacial score (nSPS) is 12.8. The molecule has 0 aliphatic carbocycles. The van der Waals surface area contributed by atoms with E-state index in [1.54, 1.807) is 13.0 Å². The minimum absolute atomic E-state index is 0. The third-order valence-corrected chi connectivity index (χ3v) is 2.81. The van der Waals surface area contributed by atoms with Gasteiger partial charge in [-0.1, -0.05) is 32.0 Å². The number of benzene rings is 1. The first kappa shape index (κ1) is 16.4. The van der Waals surface area contributed by atoms with E-state index in [1.165, 1.54) is 19.1 Å². The zero-order valence-corrected chi connectivity index (χ0v) is 10.4. The van der Waals surface area contributed by atoms with Crippen molar-refractivity contribution in [1.29, 1.82) is 0 Å². The van der Waals surface area contributed by atoms with Gasteiger partial charge in [0.15, 0.2) is 0 Å². The van der Waals surface area contributed by atoms with E-state index in [0.717, 1.165) is 0 Å². The van der Waals surface area contributed by atoms with Crippen LogP contribution in [0.15, 0.2) is 18.2 Å². The van der Waals surface area contributed by atoms with Crippen LogP contribution < -0.4 is 5.32 Å². The predicted molar refractivity (Wildman–Crippen MR) is 74.0 cm³/mol. The molecule has 0 bridgehead atoms. The van der Waals surface area contributed by atoms with Crippen molar-refractivity contribution in [2.24, 2.45) is 0 Å². The summed E-state index contributed by atoms with van der Waals surface area (Å²) in [6.45, 7) is 10.00. The van der Waals surface area contributed by atoms with E-state index in [4.69, 9.17) is 18.2 Å². The smallest absolute Gasteiger partial charge is 0.256 e. The van der Waals surface area contributed by atoms with E-state index in [9.17, 15) is 9.90 Å². The molecular formula is C13H17ClN2O2. The molecule has 2 N–H and O–H groups in total. The zero-order valence-electron chi connectivity index (χ0n) is 9.62. The summed E-state index contributed by atoms with van der Waals surface area (Å²) in [7, 11) is 0. The summed E-state index contributed by atoms with van der Waals surface area (Å²) in [6.07, 6.45) is 0.312. The summed E-state index contributed by atoms with van der Waals surface area (Å²) in [5.74, 6) is -0.494. The van der Waals surface area contributed by atoms with Crippen LogP contribution in [0.4, 0.5) is 11.4 Å². The highest BCUT2D eigenvalue weighted by atomic mass is 35.5. The van der Waals surface area contributed by atoms with Crippen molar-refractivity contribution in [1.82, 2.24) is 0 Å². The number of anilines is 1. The lowest BCUT2D eigenvalue weighted by atomic mass is 10.0. The molecule has 0 saturated carbocycles. The summed E-state index contributed by atoms with van der Waals surface area (Å²) in [5.41, 5.74) is -0.627. The maximum Gasteiger partial charge on any atom is 0.256 e. The lowest BCUT2D eigenvalue weighted by Gasteiger charge is -2.20. The highest BCUT2D eigenvalue weighted by Crippen LogP contribution is 2.28. The van der Waals surface area contributed by atoms with E-state index < -0.39 is 11.5 Å². The molecule has 0 fully saturated rings. The number of amides is 1. The van der Waals surface area contributed by atoms with Crippen molar-refractivity contribution >= 4 is 28.9 Å². The monoisotopic (exact) mass is 268 g/mol. The molecule has 1 aromatic rings. The molecule has 1 rings (SSSR count). The number of rotatable bonds is 3. The number of hydrogen-bond acceptors (Lipinski definition) is 2. The zero-order chi connectivity index (χ0) is 13.1. The molecule has 0 aliphatic heterocycles. The second-order valence-electron chi connectivity index (χ2n) is 3.86. The molecule has 1 aromatic carbocycles. The molecule has 5 heteroatoms. The van der Waals surface area contributed by atoms with Crippen LogP contribution in [0.1, 0.15) is 27.7 Å². The van der Waals surface area contributed by atoms with Crippen molar-refractivity contribution in [2.45, 2.75) is 33.3 Å². The van der Waals surface area contributed by atoms with Gasteiger partial charge in [-0.15, -0.1) is 0 Å². The maximum absolute atomic E-state index is 11.7. The molecule has 0 aromatic heterocycles. The van der Waals surface area contributed by atoms with Crippen molar-refractivity contribution < 1.29 is 9.90 Å². The largest absolute Gasteiger partial charge is 0.380 e. The highest BCUT2D eigenvalue weighted by molar-refractivity contribution is 6.33. The fourth-order valence-corrected chi connectivity index (χ4v) is 1.32. The van der Waals surface area contributed by atoms with E-state index in [1.807, 2.05) is 0 Å². The van der Waals surface area contributed by atoms with Crippen LogP contribution in [0, 0.1) is 6.57 Å². The van der Waals surface area contributed by atoms with E-state index in [-0.39, 0.29) is 12.4 Å². The molecule has 0 heterocycles. The predicted octanol–water partition coefficient (Wildman–Crippen LogP) is 3.63. The Hall–Kier alpha value is -1.57. The molecule has 0 aliphatic rings. The van der Waals surface area contributed by atoms with E-state index in [2.05, 4.69) is 10.2 Å². The quantitative estimate of drug-likeness (QED) is 0.823. The van der Waals surface area contributed by atoms with Crippen LogP contribution in [-0.4, -0.2) is 16.6 Å². The molecule has 0 spiro atoms. The first-order chi connectivity index (χ1) is 7.90. The summed E-state index contributed by atoms with van der Waals surface area (Å²) in [5, 5.41) is 12.6. The van der Waals surface area contributed by atoms with Crippen molar-refractivity contribution in [3.05, 3.63) is 34.6 Å². The van der Waals surface area contributed by atoms with E-state index >= 15 is 0 Å². The van der Waals surface area contributed by atoms with Crippen LogP contribution >= 0.6 is 11.6 Å². The maximum atomic E-state index is 11.7. The third-order valence-electron chi connectivity index (χ3n) is 2.50. The Morgan fingerprint density at radius 3 is 2.67 bits per heavy atom. The van der Waals surface area contributed by atoms with E-state index in [0.29, 0.717) is 17.8 Å². The van der Waals surface area contributed by atoms with Gasteiger partial charge in [0.25, 0.3) is 5.91 Å². The molecule has 1 amide bonds. The van der Waals surface area contributed by atoms with Gasteiger partial charge in [0.2, 0.25) is 5.69 Å². The van der Waals surface area contributed by atoms with Crippen LogP contribution in [0.25, 0.3) is 4.85 Å².